The molecule has 0 unspecified atom stereocenters. The lowest BCUT2D eigenvalue weighted by Crippen LogP contribution is -2.26. The summed E-state index contributed by atoms with van der Waals surface area (Å²) >= 11 is 7.49. The van der Waals surface area contributed by atoms with Crippen molar-refractivity contribution in [3.05, 3.63) is 63.5 Å². The predicted molar refractivity (Wildman–Crippen MR) is 105 cm³/mol. The van der Waals surface area contributed by atoms with E-state index in [1.165, 1.54) is 16.9 Å². The molecule has 3 aromatic rings. The molecule has 1 N–H and O–H groups in total. The van der Waals surface area contributed by atoms with Gasteiger partial charge in [-0.1, -0.05) is 42.8 Å². The van der Waals surface area contributed by atoms with Gasteiger partial charge >= 0.3 is 0 Å². The van der Waals surface area contributed by atoms with Crippen LogP contribution in [0.25, 0.3) is 10.1 Å². The van der Waals surface area contributed by atoms with Gasteiger partial charge in [-0.15, -0.1) is 11.3 Å². The Bertz CT molecular complexity index is 902. The van der Waals surface area contributed by atoms with Crippen LogP contribution in [0.2, 0.25) is 5.02 Å². The van der Waals surface area contributed by atoms with Crippen molar-refractivity contribution in [2.24, 2.45) is 0 Å². The Kier molecular flexibility index (Phi) is 5.30. The van der Waals surface area contributed by atoms with Gasteiger partial charge in [-0.3, -0.25) is 4.79 Å². The number of aryl methyl sites for hydroxylation is 1. The van der Waals surface area contributed by atoms with Crippen molar-refractivity contribution in [3.63, 3.8) is 0 Å². The number of amides is 1. The standard InChI is InChI=1S/C20H20ClNO2S/c1-4-13-5-7-14(8-6-13)12(2)22-20(23)19-18(24-3)16-11-15(21)9-10-17(16)25-19/h5-12H,4H2,1-3H3,(H,22,23)/t12-/m1/s1. The van der Waals surface area contributed by atoms with Gasteiger partial charge in [-0.2, -0.15) is 0 Å². The number of ether oxygens (including phenoxy) is 1. The number of halogens is 1. The Morgan fingerprint density at radius 2 is 1.96 bits per heavy atom. The first-order chi connectivity index (χ1) is 12.0. The summed E-state index contributed by atoms with van der Waals surface area (Å²) in [5.74, 6) is 0.440. The van der Waals surface area contributed by atoms with Gasteiger partial charge in [0.15, 0.2) is 0 Å². The zero-order valence-corrected chi connectivity index (χ0v) is 16.0. The molecule has 25 heavy (non-hydrogen) atoms. The molecule has 0 saturated carbocycles. The molecule has 0 bridgehead atoms. The fourth-order valence-corrected chi connectivity index (χ4v) is 4.01. The molecule has 0 aliphatic rings. The summed E-state index contributed by atoms with van der Waals surface area (Å²) in [6.07, 6.45) is 1.00. The molecule has 2 aromatic carbocycles. The maximum atomic E-state index is 12.8. The van der Waals surface area contributed by atoms with Crippen molar-refractivity contribution in [1.82, 2.24) is 5.32 Å². The minimum absolute atomic E-state index is 0.0862. The van der Waals surface area contributed by atoms with E-state index in [0.29, 0.717) is 15.6 Å². The second-order valence-corrected chi connectivity index (χ2v) is 7.38. The van der Waals surface area contributed by atoms with Crippen molar-refractivity contribution < 1.29 is 9.53 Å². The van der Waals surface area contributed by atoms with E-state index >= 15 is 0 Å². The number of hydrogen-bond acceptors (Lipinski definition) is 3. The van der Waals surface area contributed by atoms with Crippen molar-refractivity contribution in [2.45, 2.75) is 26.3 Å². The first-order valence-electron chi connectivity index (χ1n) is 8.19. The molecule has 1 heterocycles. The van der Waals surface area contributed by atoms with Crippen molar-refractivity contribution in [3.8, 4) is 5.75 Å². The van der Waals surface area contributed by atoms with Crippen molar-refractivity contribution >= 4 is 38.9 Å². The summed E-state index contributed by atoms with van der Waals surface area (Å²) in [5.41, 5.74) is 2.36. The lowest BCUT2D eigenvalue weighted by atomic mass is 10.0. The smallest absolute Gasteiger partial charge is 0.265 e. The number of thiophene rings is 1. The van der Waals surface area contributed by atoms with Gasteiger partial charge in [-0.05, 0) is 42.7 Å². The minimum Gasteiger partial charge on any atom is -0.494 e. The van der Waals surface area contributed by atoms with Crippen LogP contribution in [-0.2, 0) is 6.42 Å². The molecule has 3 rings (SSSR count). The monoisotopic (exact) mass is 373 g/mol. The summed E-state index contributed by atoms with van der Waals surface area (Å²) in [4.78, 5) is 13.3. The van der Waals surface area contributed by atoms with E-state index in [1.807, 2.05) is 25.1 Å². The van der Waals surface area contributed by atoms with Crippen LogP contribution >= 0.6 is 22.9 Å². The van der Waals surface area contributed by atoms with Gasteiger partial charge in [0.05, 0.1) is 13.2 Å². The van der Waals surface area contributed by atoms with Crippen LogP contribution < -0.4 is 10.1 Å². The summed E-state index contributed by atoms with van der Waals surface area (Å²) in [6, 6.07) is 13.8. The highest BCUT2D eigenvalue weighted by Gasteiger charge is 2.21. The van der Waals surface area contributed by atoms with Crippen LogP contribution in [0, 0.1) is 0 Å². The Balaban J connectivity index is 1.86. The molecule has 0 fully saturated rings. The van der Waals surface area contributed by atoms with Gasteiger partial charge in [0.1, 0.15) is 10.6 Å². The van der Waals surface area contributed by atoms with Crippen LogP contribution in [0.5, 0.6) is 5.75 Å². The quantitative estimate of drug-likeness (QED) is 0.630. The van der Waals surface area contributed by atoms with Gasteiger partial charge in [0.2, 0.25) is 0 Å². The molecule has 0 saturated heterocycles. The fourth-order valence-electron chi connectivity index (χ4n) is 2.79. The molecule has 3 nitrogen and oxygen atoms in total. The van der Waals surface area contributed by atoms with E-state index in [2.05, 4.69) is 36.5 Å². The van der Waals surface area contributed by atoms with Crippen LogP contribution in [0.3, 0.4) is 0 Å². The number of benzene rings is 2. The van der Waals surface area contributed by atoms with Crippen LogP contribution in [0.1, 0.15) is 40.7 Å². The van der Waals surface area contributed by atoms with E-state index in [0.717, 1.165) is 22.1 Å². The molecule has 5 heteroatoms. The second-order valence-electron chi connectivity index (χ2n) is 5.90. The van der Waals surface area contributed by atoms with Gasteiger partial charge in [0.25, 0.3) is 5.91 Å². The number of rotatable bonds is 5. The Hall–Kier alpha value is -2.04. The summed E-state index contributed by atoms with van der Waals surface area (Å²) in [5, 5.41) is 4.55. The lowest BCUT2D eigenvalue weighted by Gasteiger charge is -2.14. The highest BCUT2D eigenvalue weighted by molar-refractivity contribution is 7.21. The maximum Gasteiger partial charge on any atom is 0.265 e. The summed E-state index contributed by atoms with van der Waals surface area (Å²) < 4.78 is 6.46. The first kappa shape index (κ1) is 17.8. The Morgan fingerprint density at radius 3 is 2.60 bits per heavy atom. The minimum atomic E-state index is -0.138. The number of carbonyl (C=O) groups excluding carboxylic acids is 1. The SMILES string of the molecule is CCc1ccc([C@@H](C)NC(=O)c2sc3ccc(Cl)cc3c2OC)cc1. The van der Waals surface area contributed by atoms with E-state index in [-0.39, 0.29) is 11.9 Å². The molecule has 0 spiro atoms. The molecule has 0 aliphatic heterocycles. The van der Waals surface area contributed by atoms with Crippen molar-refractivity contribution in [1.29, 1.82) is 0 Å². The second kappa shape index (κ2) is 7.46. The molecule has 130 valence electrons. The van der Waals surface area contributed by atoms with E-state index in [4.69, 9.17) is 16.3 Å². The average Bonchev–Trinajstić information content (AvgIpc) is 2.99. The third-order valence-corrected chi connectivity index (χ3v) is 5.64. The Labute approximate surface area is 156 Å². The zero-order chi connectivity index (χ0) is 18.0. The van der Waals surface area contributed by atoms with Gasteiger partial charge in [0, 0.05) is 15.1 Å². The Morgan fingerprint density at radius 1 is 1.24 bits per heavy atom. The van der Waals surface area contributed by atoms with E-state index in [1.54, 1.807) is 7.11 Å². The van der Waals surface area contributed by atoms with Crippen LogP contribution in [0.4, 0.5) is 0 Å². The molecular weight excluding hydrogens is 354 g/mol. The molecular formula is C20H20ClNO2S. The number of carbonyl (C=O) groups is 1. The third kappa shape index (κ3) is 3.65. The molecule has 0 radical (unpaired) electrons. The van der Waals surface area contributed by atoms with E-state index < -0.39 is 0 Å². The molecule has 0 aliphatic carbocycles. The molecule has 1 atom stereocenters. The third-order valence-electron chi connectivity index (χ3n) is 4.25. The maximum absolute atomic E-state index is 12.8. The molecule has 1 amide bonds. The van der Waals surface area contributed by atoms with Crippen molar-refractivity contribution in [2.75, 3.05) is 7.11 Å². The largest absolute Gasteiger partial charge is 0.494 e. The number of methoxy groups -OCH3 is 1. The van der Waals surface area contributed by atoms with Crippen LogP contribution in [-0.4, -0.2) is 13.0 Å². The average molecular weight is 374 g/mol. The highest BCUT2D eigenvalue weighted by Crippen LogP contribution is 2.39. The predicted octanol–water partition coefficient (Wildman–Crippen LogP) is 5.62. The fraction of sp³-hybridized carbons (Fsp3) is 0.250. The number of nitrogens with one attached hydrogen (secondary N) is 1. The topological polar surface area (TPSA) is 38.3 Å². The number of hydrogen-bond donors (Lipinski definition) is 1. The lowest BCUT2D eigenvalue weighted by molar-refractivity contribution is 0.0941. The summed E-state index contributed by atoms with van der Waals surface area (Å²) in [6.45, 7) is 4.11. The number of fused-ring (bicyclic) bond motifs is 1. The zero-order valence-electron chi connectivity index (χ0n) is 14.4. The van der Waals surface area contributed by atoms with Gasteiger partial charge < -0.3 is 10.1 Å². The summed E-state index contributed by atoms with van der Waals surface area (Å²) in [7, 11) is 1.58. The highest BCUT2D eigenvalue weighted by atomic mass is 35.5. The van der Waals surface area contributed by atoms with Gasteiger partial charge in [-0.25, -0.2) is 0 Å². The normalized spacial score (nSPS) is 12.2. The first-order valence-corrected chi connectivity index (χ1v) is 9.38. The van der Waals surface area contributed by atoms with Crippen LogP contribution in [0.15, 0.2) is 42.5 Å². The van der Waals surface area contributed by atoms with E-state index in [9.17, 15) is 4.79 Å². The molecule has 1 aromatic heterocycles.